The number of rotatable bonds is 3. The summed E-state index contributed by atoms with van der Waals surface area (Å²) in [5, 5.41) is 2.56. The first-order valence-corrected chi connectivity index (χ1v) is 5.18. The van der Waals surface area contributed by atoms with E-state index in [2.05, 4.69) is 5.32 Å². The lowest BCUT2D eigenvalue weighted by Gasteiger charge is -2.22. The van der Waals surface area contributed by atoms with E-state index in [4.69, 9.17) is 0 Å². The van der Waals surface area contributed by atoms with E-state index in [1.807, 2.05) is 13.8 Å². The first-order valence-electron chi connectivity index (χ1n) is 5.18. The van der Waals surface area contributed by atoms with Crippen molar-refractivity contribution >= 4 is 18.3 Å². The molecule has 0 aromatic rings. The zero-order valence-electron chi connectivity index (χ0n) is 9.80. The van der Waals surface area contributed by atoms with Gasteiger partial charge < -0.3 is 4.90 Å². The quantitative estimate of drug-likeness (QED) is 0.831. The number of carbonyl (C=O) groups excluding carboxylic acids is 1. The third kappa shape index (κ3) is 4.22. The number of likely N-dealkylation sites (N-methyl/N-ethyl adjacent to an activating group) is 1. The van der Waals surface area contributed by atoms with Crippen LogP contribution in [0.2, 0.25) is 0 Å². The third-order valence-electron chi connectivity index (χ3n) is 2.42. The molecule has 3 nitrogen and oxygen atoms in total. The van der Waals surface area contributed by atoms with Crippen molar-refractivity contribution < 1.29 is 13.6 Å². The molecule has 1 amide bonds. The zero-order chi connectivity index (χ0) is 11.6. The second-order valence-corrected chi connectivity index (χ2v) is 4.61. The Morgan fingerprint density at radius 2 is 2.12 bits per heavy atom. The number of halogens is 3. The standard InChI is InChI=1S/C10H18F2N2O.ClH/c1-7(2)5-14(3)9(15)8-4-10(11,12)6-13-8;/h7-8,13H,4-6H2,1-3H3;1H. The Bertz CT molecular complexity index is 249. The Hall–Kier alpha value is -0.420. The van der Waals surface area contributed by atoms with Gasteiger partial charge in [0, 0.05) is 20.0 Å². The largest absolute Gasteiger partial charge is 0.344 e. The van der Waals surface area contributed by atoms with Crippen LogP contribution < -0.4 is 5.32 Å². The number of nitrogens with one attached hydrogen (secondary N) is 1. The number of carbonyl (C=O) groups is 1. The van der Waals surface area contributed by atoms with Gasteiger partial charge in [0.15, 0.2) is 0 Å². The number of hydrogen-bond acceptors (Lipinski definition) is 2. The van der Waals surface area contributed by atoms with E-state index in [0.29, 0.717) is 12.5 Å². The molecule has 1 N–H and O–H groups in total. The van der Waals surface area contributed by atoms with Crippen LogP contribution in [0.25, 0.3) is 0 Å². The van der Waals surface area contributed by atoms with Gasteiger partial charge in [-0.05, 0) is 5.92 Å². The Balaban J connectivity index is 0.00000225. The first-order chi connectivity index (χ1) is 6.82. The summed E-state index contributed by atoms with van der Waals surface area (Å²) in [6.07, 6.45) is -0.381. The van der Waals surface area contributed by atoms with Gasteiger partial charge >= 0.3 is 0 Å². The Morgan fingerprint density at radius 3 is 2.50 bits per heavy atom. The summed E-state index contributed by atoms with van der Waals surface area (Å²) in [6, 6.07) is -0.719. The van der Waals surface area contributed by atoms with E-state index in [1.165, 1.54) is 4.90 Å². The topological polar surface area (TPSA) is 32.3 Å². The van der Waals surface area contributed by atoms with Crippen LogP contribution in [0.15, 0.2) is 0 Å². The molecular weight excluding hydrogens is 238 g/mol. The smallest absolute Gasteiger partial charge is 0.262 e. The van der Waals surface area contributed by atoms with Gasteiger partial charge in [-0.1, -0.05) is 13.8 Å². The first kappa shape index (κ1) is 15.6. The zero-order valence-corrected chi connectivity index (χ0v) is 10.6. The van der Waals surface area contributed by atoms with Gasteiger partial charge in [-0.3, -0.25) is 10.1 Å². The maximum atomic E-state index is 12.8. The van der Waals surface area contributed by atoms with Crippen molar-refractivity contribution in [3.05, 3.63) is 0 Å². The molecule has 1 heterocycles. The Kier molecular flexibility index (Phi) is 5.62. The lowest BCUT2D eigenvalue weighted by Crippen LogP contribution is -2.42. The van der Waals surface area contributed by atoms with E-state index in [0.717, 1.165) is 0 Å². The Labute approximate surface area is 101 Å². The van der Waals surface area contributed by atoms with E-state index < -0.39 is 12.0 Å². The van der Waals surface area contributed by atoms with Gasteiger partial charge in [0.1, 0.15) is 0 Å². The van der Waals surface area contributed by atoms with Crippen molar-refractivity contribution in [2.45, 2.75) is 32.2 Å². The van der Waals surface area contributed by atoms with Crippen LogP contribution in [-0.4, -0.2) is 42.9 Å². The van der Waals surface area contributed by atoms with Crippen LogP contribution in [0.1, 0.15) is 20.3 Å². The minimum absolute atomic E-state index is 0. The number of amides is 1. The van der Waals surface area contributed by atoms with Crippen LogP contribution in [-0.2, 0) is 4.79 Å². The van der Waals surface area contributed by atoms with E-state index in [9.17, 15) is 13.6 Å². The summed E-state index contributed by atoms with van der Waals surface area (Å²) < 4.78 is 25.7. The summed E-state index contributed by atoms with van der Waals surface area (Å²) in [7, 11) is 1.65. The minimum Gasteiger partial charge on any atom is -0.344 e. The summed E-state index contributed by atoms with van der Waals surface area (Å²) in [5.74, 6) is -2.62. The molecule has 0 aromatic heterocycles. The maximum absolute atomic E-state index is 12.8. The molecule has 1 saturated heterocycles. The molecule has 1 atom stereocenters. The molecule has 0 bridgehead atoms. The maximum Gasteiger partial charge on any atom is 0.262 e. The predicted octanol–water partition coefficient (Wildman–Crippen LogP) is 1.52. The highest BCUT2D eigenvalue weighted by Crippen LogP contribution is 2.25. The molecule has 96 valence electrons. The van der Waals surface area contributed by atoms with Crippen molar-refractivity contribution in [1.82, 2.24) is 10.2 Å². The van der Waals surface area contributed by atoms with Crippen molar-refractivity contribution in [3.63, 3.8) is 0 Å². The highest BCUT2D eigenvalue weighted by molar-refractivity contribution is 5.85. The fraction of sp³-hybridized carbons (Fsp3) is 0.900. The second kappa shape index (κ2) is 5.77. The molecule has 1 aliphatic heterocycles. The minimum atomic E-state index is -2.74. The fourth-order valence-electron chi connectivity index (χ4n) is 1.79. The summed E-state index contributed by atoms with van der Waals surface area (Å²) >= 11 is 0. The number of alkyl halides is 2. The lowest BCUT2D eigenvalue weighted by molar-refractivity contribution is -0.132. The monoisotopic (exact) mass is 256 g/mol. The fourth-order valence-corrected chi connectivity index (χ4v) is 1.79. The molecule has 1 aliphatic rings. The van der Waals surface area contributed by atoms with Crippen LogP contribution >= 0.6 is 12.4 Å². The van der Waals surface area contributed by atoms with Gasteiger partial charge in [0.2, 0.25) is 5.91 Å². The number of hydrogen-bond donors (Lipinski definition) is 1. The molecule has 0 aromatic carbocycles. The van der Waals surface area contributed by atoms with Gasteiger partial charge in [0.25, 0.3) is 5.92 Å². The molecular formula is C10H19ClF2N2O. The molecule has 0 radical (unpaired) electrons. The number of nitrogens with zero attached hydrogens (tertiary/aromatic N) is 1. The second-order valence-electron chi connectivity index (χ2n) is 4.61. The molecule has 1 rings (SSSR count). The van der Waals surface area contributed by atoms with E-state index in [-0.39, 0.29) is 31.3 Å². The van der Waals surface area contributed by atoms with Gasteiger partial charge in [-0.15, -0.1) is 12.4 Å². The van der Waals surface area contributed by atoms with Crippen molar-refractivity contribution in [1.29, 1.82) is 0 Å². The van der Waals surface area contributed by atoms with Crippen LogP contribution in [0.3, 0.4) is 0 Å². The van der Waals surface area contributed by atoms with Crippen molar-refractivity contribution in [2.75, 3.05) is 20.1 Å². The van der Waals surface area contributed by atoms with Gasteiger partial charge in [0.05, 0.1) is 12.6 Å². The molecule has 0 spiro atoms. The molecule has 16 heavy (non-hydrogen) atoms. The Morgan fingerprint density at radius 1 is 1.56 bits per heavy atom. The highest BCUT2D eigenvalue weighted by Gasteiger charge is 2.43. The van der Waals surface area contributed by atoms with Crippen LogP contribution in [0.5, 0.6) is 0 Å². The lowest BCUT2D eigenvalue weighted by atomic mass is 10.1. The highest BCUT2D eigenvalue weighted by atomic mass is 35.5. The van der Waals surface area contributed by atoms with Gasteiger partial charge in [-0.25, -0.2) is 8.78 Å². The SMILES string of the molecule is CC(C)CN(C)C(=O)C1CC(F)(F)CN1.Cl. The molecule has 1 unspecified atom stereocenters. The van der Waals surface area contributed by atoms with E-state index in [1.54, 1.807) is 7.05 Å². The average Bonchev–Trinajstić information content (AvgIpc) is 2.43. The predicted molar refractivity (Wildman–Crippen MR) is 61.1 cm³/mol. The summed E-state index contributed by atoms with van der Waals surface area (Å²) in [6.45, 7) is 4.18. The molecule has 0 saturated carbocycles. The van der Waals surface area contributed by atoms with Crippen LogP contribution in [0, 0.1) is 5.92 Å². The normalized spacial score (nSPS) is 23.0. The van der Waals surface area contributed by atoms with Gasteiger partial charge in [-0.2, -0.15) is 0 Å². The summed E-state index contributed by atoms with van der Waals surface area (Å²) in [5.41, 5.74) is 0. The van der Waals surface area contributed by atoms with E-state index >= 15 is 0 Å². The molecule has 0 aliphatic carbocycles. The molecule has 1 fully saturated rings. The van der Waals surface area contributed by atoms with Crippen molar-refractivity contribution in [3.8, 4) is 0 Å². The van der Waals surface area contributed by atoms with Crippen molar-refractivity contribution in [2.24, 2.45) is 5.92 Å². The molecule has 6 heteroatoms. The summed E-state index contributed by atoms with van der Waals surface area (Å²) in [4.78, 5) is 13.2. The van der Waals surface area contributed by atoms with Crippen LogP contribution in [0.4, 0.5) is 8.78 Å². The average molecular weight is 257 g/mol. The third-order valence-corrected chi connectivity index (χ3v) is 2.42.